The summed E-state index contributed by atoms with van der Waals surface area (Å²) in [7, 11) is 0. The largest absolute Gasteiger partial charge is 0.381 e. The Kier molecular flexibility index (Phi) is 5.45. The van der Waals surface area contributed by atoms with Gasteiger partial charge in [0.2, 0.25) is 5.91 Å². The lowest BCUT2D eigenvalue weighted by Gasteiger charge is -2.33. The van der Waals surface area contributed by atoms with Crippen molar-refractivity contribution in [3.8, 4) is 6.07 Å². The first-order chi connectivity index (χ1) is 12.0. The van der Waals surface area contributed by atoms with Crippen LogP contribution in [-0.4, -0.2) is 37.2 Å². The molecule has 2 aliphatic heterocycles. The van der Waals surface area contributed by atoms with Gasteiger partial charge in [0, 0.05) is 32.5 Å². The van der Waals surface area contributed by atoms with Crippen LogP contribution in [0.1, 0.15) is 31.2 Å². The quantitative estimate of drug-likeness (QED) is 0.887. The van der Waals surface area contributed by atoms with Crippen LogP contribution in [-0.2, 0) is 16.0 Å². The van der Waals surface area contributed by atoms with E-state index in [2.05, 4.69) is 16.0 Å². The summed E-state index contributed by atoms with van der Waals surface area (Å²) in [6.45, 7) is 2.64. The number of primary amides is 1. The average Bonchev–Trinajstić information content (AvgIpc) is 2.64. The fourth-order valence-corrected chi connectivity index (χ4v) is 3.82. The van der Waals surface area contributed by atoms with Crippen LogP contribution in [0.2, 0.25) is 5.02 Å². The van der Waals surface area contributed by atoms with E-state index in [0.717, 1.165) is 30.8 Å². The van der Waals surface area contributed by atoms with Crippen LogP contribution >= 0.6 is 11.6 Å². The van der Waals surface area contributed by atoms with E-state index in [1.807, 2.05) is 6.07 Å². The van der Waals surface area contributed by atoms with Crippen molar-refractivity contribution in [2.75, 3.05) is 31.2 Å². The Morgan fingerprint density at radius 3 is 2.96 bits per heavy atom. The van der Waals surface area contributed by atoms with Crippen molar-refractivity contribution in [3.05, 3.63) is 22.8 Å². The first kappa shape index (κ1) is 18.0. The van der Waals surface area contributed by atoms with E-state index in [1.165, 1.54) is 0 Å². The van der Waals surface area contributed by atoms with Crippen LogP contribution in [0.25, 0.3) is 0 Å². The maximum absolute atomic E-state index is 11.5. The number of nitrogens with two attached hydrogens (primary N) is 1. The molecule has 1 aromatic heterocycles. The molecule has 3 heterocycles. The number of amides is 1. The molecule has 0 bridgehead atoms. The van der Waals surface area contributed by atoms with Gasteiger partial charge in [0.25, 0.3) is 0 Å². The summed E-state index contributed by atoms with van der Waals surface area (Å²) in [6.07, 6.45) is 5.39. The Morgan fingerprint density at radius 2 is 2.28 bits per heavy atom. The van der Waals surface area contributed by atoms with Crippen molar-refractivity contribution in [1.82, 2.24) is 4.98 Å². The standard InChI is InChI=1S/C18H23ClN4O2/c19-15-10-22-16(23-5-1-2-13(11-23)17(21)24)8-14(15)9-18(12-20)3-6-25-7-4-18/h8,10,13H,1-7,9,11H2,(H2,21,24)/t13-/m1/s1. The first-order valence-corrected chi connectivity index (χ1v) is 9.08. The van der Waals surface area contributed by atoms with Gasteiger partial charge in [-0.2, -0.15) is 5.26 Å². The molecule has 2 aliphatic rings. The molecule has 6 nitrogen and oxygen atoms in total. The molecule has 2 N–H and O–H groups in total. The highest BCUT2D eigenvalue weighted by Gasteiger charge is 2.34. The van der Waals surface area contributed by atoms with Gasteiger partial charge in [-0.25, -0.2) is 4.98 Å². The summed E-state index contributed by atoms with van der Waals surface area (Å²) in [5.74, 6) is 0.394. The van der Waals surface area contributed by atoms with Crippen molar-refractivity contribution in [1.29, 1.82) is 5.26 Å². The summed E-state index contributed by atoms with van der Waals surface area (Å²) >= 11 is 6.36. The number of piperidine rings is 1. The van der Waals surface area contributed by atoms with Crippen LogP contribution in [0.15, 0.2) is 12.3 Å². The van der Waals surface area contributed by atoms with E-state index >= 15 is 0 Å². The number of carbonyl (C=O) groups excluding carboxylic acids is 1. The molecule has 0 aliphatic carbocycles. The van der Waals surface area contributed by atoms with Crippen molar-refractivity contribution in [3.63, 3.8) is 0 Å². The summed E-state index contributed by atoms with van der Waals surface area (Å²) in [4.78, 5) is 18.0. The number of halogens is 1. The Hall–Kier alpha value is -1.84. The van der Waals surface area contributed by atoms with Crippen LogP contribution in [0.5, 0.6) is 0 Å². The number of aromatic nitrogens is 1. The Labute approximate surface area is 152 Å². The summed E-state index contributed by atoms with van der Waals surface area (Å²) < 4.78 is 5.40. The summed E-state index contributed by atoms with van der Waals surface area (Å²) in [5.41, 5.74) is 5.96. The number of hydrogen-bond acceptors (Lipinski definition) is 5. The molecule has 1 amide bonds. The first-order valence-electron chi connectivity index (χ1n) is 8.71. The number of ether oxygens (including phenoxy) is 1. The molecule has 0 spiro atoms. The predicted octanol–water partition coefficient (Wildman–Crippen LogP) is 2.30. The topological polar surface area (TPSA) is 92.2 Å². The van der Waals surface area contributed by atoms with Gasteiger partial charge in [-0.1, -0.05) is 11.6 Å². The van der Waals surface area contributed by atoms with Gasteiger partial charge in [-0.15, -0.1) is 0 Å². The average molecular weight is 363 g/mol. The second-order valence-electron chi connectivity index (χ2n) is 7.00. The third-order valence-corrected chi connectivity index (χ3v) is 5.62. The lowest BCUT2D eigenvalue weighted by molar-refractivity contribution is -0.122. The number of anilines is 1. The van der Waals surface area contributed by atoms with Gasteiger partial charge < -0.3 is 15.4 Å². The van der Waals surface area contributed by atoms with Crippen LogP contribution < -0.4 is 10.6 Å². The number of rotatable bonds is 4. The van der Waals surface area contributed by atoms with Gasteiger partial charge in [-0.3, -0.25) is 4.79 Å². The zero-order chi connectivity index (χ0) is 17.9. The van der Waals surface area contributed by atoms with Crippen molar-refractivity contribution >= 4 is 23.3 Å². The van der Waals surface area contributed by atoms with Crippen molar-refractivity contribution < 1.29 is 9.53 Å². The molecule has 2 saturated heterocycles. The zero-order valence-corrected chi connectivity index (χ0v) is 15.0. The van der Waals surface area contributed by atoms with Gasteiger partial charge in [0.1, 0.15) is 5.82 Å². The summed E-state index contributed by atoms with van der Waals surface area (Å²) in [6, 6.07) is 4.44. The maximum Gasteiger partial charge on any atom is 0.222 e. The second-order valence-corrected chi connectivity index (χ2v) is 7.41. The van der Waals surface area contributed by atoms with E-state index in [9.17, 15) is 10.1 Å². The Morgan fingerprint density at radius 1 is 1.52 bits per heavy atom. The summed E-state index contributed by atoms with van der Waals surface area (Å²) in [5, 5.41) is 10.3. The monoisotopic (exact) mass is 362 g/mol. The molecule has 0 saturated carbocycles. The third-order valence-electron chi connectivity index (χ3n) is 5.28. The number of pyridine rings is 1. The van der Waals surface area contributed by atoms with Gasteiger partial charge in [-0.05, 0) is 43.7 Å². The lowest BCUT2D eigenvalue weighted by atomic mass is 9.77. The minimum Gasteiger partial charge on any atom is -0.381 e. The fraction of sp³-hybridized carbons (Fsp3) is 0.611. The molecule has 25 heavy (non-hydrogen) atoms. The normalized spacial score (nSPS) is 23.0. The highest BCUT2D eigenvalue weighted by Crippen LogP contribution is 2.36. The number of nitriles is 1. The molecule has 134 valence electrons. The molecule has 0 unspecified atom stereocenters. The Bertz CT molecular complexity index is 682. The molecule has 1 aromatic rings. The van der Waals surface area contributed by atoms with E-state index in [-0.39, 0.29) is 11.8 Å². The van der Waals surface area contributed by atoms with E-state index < -0.39 is 5.41 Å². The number of nitrogens with zero attached hydrogens (tertiary/aromatic N) is 3. The van der Waals surface area contributed by atoms with Crippen molar-refractivity contribution in [2.45, 2.75) is 32.1 Å². The smallest absolute Gasteiger partial charge is 0.222 e. The minimum atomic E-state index is -0.432. The highest BCUT2D eigenvalue weighted by atomic mass is 35.5. The molecule has 7 heteroatoms. The van der Waals surface area contributed by atoms with Crippen molar-refractivity contribution in [2.24, 2.45) is 17.1 Å². The number of carbonyl (C=O) groups is 1. The SMILES string of the molecule is N#CC1(Cc2cc(N3CCC[C@@H](C(N)=O)C3)ncc2Cl)CCOCC1. The van der Waals surface area contributed by atoms with Gasteiger partial charge in [0.15, 0.2) is 0 Å². The van der Waals surface area contributed by atoms with Gasteiger partial charge in [0.05, 0.1) is 22.4 Å². The van der Waals surface area contributed by atoms with E-state index in [4.69, 9.17) is 22.1 Å². The molecule has 0 radical (unpaired) electrons. The fourth-order valence-electron chi connectivity index (χ4n) is 3.65. The van der Waals surface area contributed by atoms with E-state index in [0.29, 0.717) is 44.0 Å². The van der Waals surface area contributed by atoms with Gasteiger partial charge >= 0.3 is 0 Å². The third kappa shape index (κ3) is 4.05. The molecule has 2 fully saturated rings. The number of hydrogen-bond donors (Lipinski definition) is 1. The zero-order valence-electron chi connectivity index (χ0n) is 14.2. The highest BCUT2D eigenvalue weighted by molar-refractivity contribution is 6.31. The predicted molar refractivity (Wildman–Crippen MR) is 95.2 cm³/mol. The van der Waals surface area contributed by atoms with Crippen LogP contribution in [0.4, 0.5) is 5.82 Å². The Balaban J connectivity index is 1.81. The van der Waals surface area contributed by atoms with E-state index in [1.54, 1.807) is 6.20 Å². The van der Waals surface area contributed by atoms with Crippen LogP contribution in [0.3, 0.4) is 0 Å². The molecular weight excluding hydrogens is 340 g/mol. The minimum absolute atomic E-state index is 0.143. The van der Waals surface area contributed by atoms with Crippen LogP contribution in [0, 0.1) is 22.7 Å². The molecular formula is C18H23ClN4O2. The lowest BCUT2D eigenvalue weighted by Crippen LogP contribution is -2.41. The molecule has 3 rings (SSSR count). The maximum atomic E-state index is 11.5. The molecule has 0 aromatic carbocycles. The second kappa shape index (κ2) is 7.59. The molecule has 1 atom stereocenters.